The van der Waals surface area contributed by atoms with Crippen LogP contribution in [0, 0.1) is 15.9 Å². The molecule has 1 aromatic carbocycles. The Labute approximate surface area is 115 Å². The molecule has 0 bridgehead atoms. The summed E-state index contributed by atoms with van der Waals surface area (Å²) in [6.07, 6.45) is 2.36. The van der Waals surface area contributed by atoms with Crippen molar-refractivity contribution < 1.29 is 19.2 Å². The number of carbonyl (C=O) groups is 1. The number of halogens is 1. The highest BCUT2D eigenvalue weighted by Gasteiger charge is 2.31. The van der Waals surface area contributed by atoms with Crippen LogP contribution >= 0.6 is 0 Å². The van der Waals surface area contributed by atoms with E-state index in [4.69, 9.17) is 0 Å². The van der Waals surface area contributed by atoms with Crippen LogP contribution in [0.1, 0.15) is 29.6 Å². The van der Waals surface area contributed by atoms with Gasteiger partial charge in [0.1, 0.15) is 11.4 Å². The number of benzene rings is 1. The van der Waals surface area contributed by atoms with Crippen molar-refractivity contribution in [1.29, 1.82) is 0 Å². The molecule has 0 aromatic heterocycles. The number of hydrogen-bond acceptors (Lipinski definition) is 4. The highest BCUT2D eigenvalue weighted by atomic mass is 19.1. The minimum Gasteiger partial charge on any atom is -0.394 e. The molecule has 1 fully saturated rings. The number of piperidine rings is 1. The molecular weight excluding hydrogens is 267 g/mol. The molecule has 1 aliphatic heterocycles. The lowest BCUT2D eigenvalue weighted by molar-refractivity contribution is -0.385. The van der Waals surface area contributed by atoms with Gasteiger partial charge in [-0.15, -0.1) is 0 Å². The van der Waals surface area contributed by atoms with Crippen molar-refractivity contribution >= 4 is 11.6 Å². The van der Waals surface area contributed by atoms with Crippen LogP contribution in [0.25, 0.3) is 0 Å². The van der Waals surface area contributed by atoms with Gasteiger partial charge in [-0.3, -0.25) is 14.9 Å². The van der Waals surface area contributed by atoms with Crippen LogP contribution in [0.5, 0.6) is 0 Å². The summed E-state index contributed by atoms with van der Waals surface area (Å²) in [6.45, 7) is 0.263. The predicted octanol–water partition coefficient (Wildman–Crippen LogP) is 1.72. The van der Waals surface area contributed by atoms with Crippen molar-refractivity contribution in [2.45, 2.75) is 25.3 Å². The summed E-state index contributed by atoms with van der Waals surface area (Å²) in [7, 11) is 0. The number of nitro benzene ring substituents is 1. The Morgan fingerprint density at radius 2 is 2.25 bits per heavy atom. The number of aliphatic hydroxyl groups excluding tert-OH is 1. The highest BCUT2D eigenvalue weighted by Crippen LogP contribution is 2.25. The molecular formula is C13H15FN2O4. The smallest absolute Gasteiger partial charge is 0.285 e. The maximum absolute atomic E-state index is 13.1. The largest absolute Gasteiger partial charge is 0.394 e. The second-order valence-electron chi connectivity index (χ2n) is 4.75. The van der Waals surface area contributed by atoms with E-state index in [0.717, 1.165) is 31.0 Å². The van der Waals surface area contributed by atoms with Crippen LogP contribution in [0.2, 0.25) is 0 Å². The van der Waals surface area contributed by atoms with Gasteiger partial charge in [-0.25, -0.2) is 4.39 Å². The quantitative estimate of drug-likeness (QED) is 0.676. The summed E-state index contributed by atoms with van der Waals surface area (Å²) < 4.78 is 13.1. The summed E-state index contributed by atoms with van der Waals surface area (Å²) in [4.78, 5) is 24.0. The summed E-state index contributed by atoms with van der Waals surface area (Å²) in [5.41, 5.74) is -0.686. The first-order valence-corrected chi connectivity index (χ1v) is 6.40. The van der Waals surface area contributed by atoms with E-state index in [9.17, 15) is 24.4 Å². The minimum absolute atomic E-state index is 0.142. The molecule has 20 heavy (non-hydrogen) atoms. The van der Waals surface area contributed by atoms with Gasteiger partial charge in [0.2, 0.25) is 0 Å². The topological polar surface area (TPSA) is 83.7 Å². The second kappa shape index (κ2) is 5.96. The maximum Gasteiger partial charge on any atom is 0.285 e. The fourth-order valence-corrected chi connectivity index (χ4v) is 2.45. The van der Waals surface area contributed by atoms with Gasteiger partial charge in [0.15, 0.2) is 0 Å². The Hall–Kier alpha value is -2.02. The Morgan fingerprint density at radius 3 is 2.90 bits per heavy atom. The molecule has 108 valence electrons. The average Bonchev–Trinajstić information content (AvgIpc) is 2.46. The lowest BCUT2D eigenvalue weighted by Crippen LogP contribution is -2.45. The van der Waals surface area contributed by atoms with Crippen LogP contribution in [0.4, 0.5) is 10.1 Å². The number of carbonyl (C=O) groups excluding carboxylic acids is 1. The van der Waals surface area contributed by atoms with Crippen LogP contribution in [0.15, 0.2) is 18.2 Å². The van der Waals surface area contributed by atoms with Crippen LogP contribution in [0.3, 0.4) is 0 Å². The molecule has 6 nitrogen and oxygen atoms in total. The van der Waals surface area contributed by atoms with Gasteiger partial charge in [-0.1, -0.05) is 0 Å². The number of nitrogens with zero attached hydrogens (tertiary/aromatic N) is 2. The van der Waals surface area contributed by atoms with Crippen molar-refractivity contribution in [3.8, 4) is 0 Å². The number of rotatable bonds is 3. The van der Waals surface area contributed by atoms with Crippen LogP contribution < -0.4 is 0 Å². The van der Waals surface area contributed by atoms with E-state index in [1.807, 2.05) is 0 Å². The fraction of sp³-hybridized carbons (Fsp3) is 0.462. The number of hydrogen-bond donors (Lipinski definition) is 1. The molecule has 1 atom stereocenters. The number of nitro groups is 1. The average molecular weight is 282 g/mol. The van der Waals surface area contributed by atoms with Crippen molar-refractivity contribution in [1.82, 2.24) is 4.90 Å². The zero-order valence-corrected chi connectivity index (χ0v) is 10.8. The molecule has 1 aromatic rings. The number of aliphatic hydroxyl groups is 1. The first kappa shape index (κ1) is 14.4. The standard InChI is InChI=1S/C13H15FN2O4/c14-9-4-5-11(12(7-9)16(19)20)13(18)15-6-2-1-3-10(15)8-17/h4-5,7,10,17H,1-3,6,8H2. The Kier molecular flexibility index (Phi) is 4.29. The molecule has 1 saturated heterocycles. The van der Waals surface area contributed by atoms with E-state index in [-0.39, 0.29) is 18.2 Å². The molecule has 1 heterocycles. The van der Waals surface area contributed by atoms with Crippen LogP contribution in [-0.2, 0) is 0 Å². The zero-order valence-electron chi connectivity index (χ0n) is 10.8. The SMILES string of the molecule is O=C(c1ccc(F)cc1[N+](=O)[O-])N1CCCCC1CO. The van der Waals surface area contributed by atoms with Gasteiger partial charge in [-0.05, 0) is 31.4 Å². The molecule has 0 saturated carbocycles. The highest BCUT2D eigenvalue weighted by molar-refractivity contribution is 5.98. The lowest BCUT2D eigenvalue weighted by atomic mass is 10.0. The van der Waals surface area contributed by atoms with E-state index in [1.165, 1.54) is 4.90 Å². The third kappa shape index (κ3) is 2.77. The second-order valence-corrected chi connectivity index (χ2v) is 4.75. The van der Waals surface area contributed by atoms with Crippen molar-refractivity contribution in [2.24, 2.45) is 0 Å². The lowest BCUT2D eigenvalue weighted by Gasteiger charge is -2.34. The molecule has 1 amide bonds. The van der Waals surface area contributed by atoms with Gasteiger partial charge in [-0.2, -0.15) is 0 Å². The molecule has 1 N–H and O–H groups in total. The van der Waals surface area contributed by atoms with Gasteiger partial charge < -0.3 is 10.0 Å². The molecule has 0 spiro atoms. The van der Waals surface area contributed by atoms with E-state index in [0.29, 0.717) is 13.0 Å². The summed E-state index contributed by atoms with van der Waals surface area (Å²) in [5.74, 6) is -1.29. The van der Waals surface area contributed by atoms with E-state index in [1.54, 1.807) is 0 Å². The third-order valence-corrected chi connectivity index (χ3v) is 3.49. The zero-order chi connectivity index (χ0) is 14.7. The van der Waals surface area contributed by atoms with Crippen LogP contribution in [-0.4, -0.2) is 40.0 Å². The molecule has 0 aliphatic carbocycles. The first-order chi connectivity index (χ1) is 9.54. The Balaban J connectivity index is 2.35. The summed E-state index contributed by atoms with van der Waals surface area (Å²) in [5, 5.41) is 20.2. The van der Waals surface area contributed by atoms with Gasteiger partial charge in [0, 0.05) is 6.54 Å². The van der Waals surface area contributed by atoms with E-state index >= 15 is 0 Å². The Bertz CT molecular complexity index is 535. The molecule has 1 unspecified atom stereocenters. The number of amides is 1. The van der Waals surface area contributed by atoms with Gasteiger partial charge >= 0.3 is 0 Å². The van der Waals surface area contributed by atoms with E-state index < -0.39 is 22.3 Å². The minimum atomic E-state index is -0.770. The Morgan fingerprint density at radius 1 is 1.50 bits per heavy atom. The molecule has 0 radical (unpaired) electrons. The maximum atomic E-state index is 13.1. The summed E-state index contributed by atoms with van der Waals surface area (Å²) in [6, 6.07) is 2.56. The molecule has 1 aliphatic rings. The third-order valence-electron chi connectivity index (χ3n) is 3.49. The molecule has 7 heteroatoms. The van der Waals surface area contributed by atoms with Crippen molar-refractivity contribution in [3.63, 3.8) is 0 Å². The summed E-state index contributed by atoms with van der Waals surface area (Å²) >= 11 is 0. The molecule has 2 rings (SSSR count). The fourth-order valence-electron chi connectivity index (χ4n) is 2.45. The van der Waals surface area contributed by atoms with Gasteiger partial charge in [0.05, 0.1) is 23.6 Å². The normalized spacial score (nSPS) is 18.9. The monoisotopic (exact) mass is 282 g/mol. The predicted molar refractivity (Wildman–Crippen MR) is 68.8 cm³/mol. The van der Waals surface area contributed by atoms with Gasteiger partial charge in [0.25, 0.3) is 11.6 Å². The number of likely N-dealkylation sites (tertiary alicyclic amines) is 1. The first-order valence-electron chi connectivity index (χ1n) is 6.40. The van der Waals surface area contributed by atoms with Crippen molar-refractivity contribution in [3.05, 3.63) is 39.7 Å². The van der Waals surface area contributed by atoms with E-state index in [2.05, 4.69) is 0 Å². The van der Waals surface area contributed by atoms with Crippen molar-refractivity contribution in [2.75, 3.05) is 13.2 Å².